The molecule has 1 heterocycles. The molecule has 4 aliphatic rings. The van der Waals surface area contributed by atoms with Crippen LogP contribution in [0.3, 0.4) is 0 Å². The Morgan fingerprint density at radius 2 is 1.90 bits per heavy atom. The highest BCUT2D eigenvalue weighted by molar-refractivity contribution is 7.11. The molecule has 1 N–H and O–H groups in total. The first-order valence-corrected chi connectivity index (χ1v) is 8.90. The number of thiophene rings is 1. The fourth-order valence-electron chi connectivity index (χ4n) is 5.17. The highest BCUT2D eigenvalue weighted by atomic mass is 32.1. The van der Waals surface area contributed by atoms with E-state index in [1.165, 1.54) is 24.8 Å². The molecular formula is C17H22N2OS. The van der Waals surface area contributed by atoms with Crippen LogP contribution in [-0.2, 0) is 4.79 Å². The summed E-state index contributed by atoms with van der Waals surface area (Å²) in [5.74, 6) is 2.56. The van der Waals surface area contributed by atoms with E-state index in [9.17, 15) is 4.79 Å². The molecule has 4 saturated carbocycles. The maximum atomic E-state index is 12.7. The minimum atomic E-state index is -0.101. The van der Waals surface area contributed by atoms with E-state index in [1.54, 1.807) is 17.6 Å². The quantitative estimate of drug-likeness (QED) is 0.671. The Morgan fingerprint density at radius 1 is 1.29 bits per heavy atom. The average molecular weight is 302 g/mol. The molecular weight excluding hydrogens is 280 g/mol. The van der Waals surface area contributed by atoms with Gasteiger partial charge in [-0.25, -0.2) is 5.43 Å². The first kappa shape index (κ1) is 13.5. The van der Waals surface area contributed by atoms with Crippen LogP contribution in [0, 0.1) is 30.1 Å². The van der Waals surface area contributed by atoms with E-state index < -0.39 is 0 Å². The molecule has 0 aliphatic heterocycles. The lowest BCUT2D eigenvalue weighted by Gasteiger charge is -2.55. The number of amides is 1. The predicted molar refractivity (Wildman–Crippen MR) is 85.4 cm³/mol. The summed E-state index contributed by atoms with van der Waals surface area (Å²) < 4.78 is 0. The normalized spacial score (nSPS) is 37.3. The number of rotatable bonds is 3. The Kier molecular flexibility index (Phi) is 3.18. The van der Waals surface area contributed by atoms with Crippen molar-refractivity contribution in [3.8, 4) is 0 Å². The van der Waals surface area contributed by atoms with Gasteiger partial charge < -0.3 is 0 Å². The monoisotopic (exact) mass is 302 g/mol. The van der Waals surface area contributed by atoms with Crippen molar-refractivity contribution >= 4 is 23.5 Å². The van der Waals surface area contributed by atoms with E-state index in [0.717, 1.165) is 41.9 Å². The fraction of sp³-hybridized carbons (Fsp3) is 0.647. The molecule has 21 heavy (non-hydrogen) atoms. The second-order valence-corrected chi connectivity index (χ2v) is 8.31. The third-order valence-corrected chi connectivity index (χ3v) is 6.72. The largest absolute Gasteiger partial charge is 0.273 e. The highest BCUT2D eigenvalue weighted by Crippen LogP contribution is 2.60. The van der Waals surface area contributed by atoms with Crippen LogP contribution in [-0.4, -0.2) is 12.1 Å². The molecule has 5 rings (SSSR count). The molecule has 1 aromatic rings. The number of aryl methyl sites for hydroxylation is 1. The van der Waals surface area contributed by atoms with Crippen molar-refractivity contribution in [2.24, 2.45) is 28.3 Å². The third-order valence-electron chi connectivity index (χ3n) is 5.77. The van der Waals surface area contributed by atoms with E-state index in [-0.39, 0.29) is 11.3 Å². The maximum Gasteiger partial charge on any atom is 0.246 e. The third kappa shape index (κ3) is 2.33. The van der Waals surface area contributed by atoms with Gasteiger partial charge in [0.2, 0.25) is 5.91 Å². The van der Waals surface area contributed by atoms with Gasteiger partial charge in [0.25, 0.3) is 0 Å². The van der Waals surface area contributed by atoms with Crippen molar-refractivity contribution in [2.45, 2.75) is 45.4 Å². The molecule has 0 radical (unpaired) electrons. The van der Waals surface area contributed by atoms with Gasteiger partial charge in [0.15, 0.2) is 0 Å². The number of nitrogens with zero attached hydrogens (tertiary/aromatic N) is 1. The minimum absolute atomic E-state index is 0.101. The van der Waals surface area contributed by atoms with Crippen molar-refractivity contribution in [1.82, 2.24) is 5.43 Å². The lowest BCUT2D eigenvalue weighted by molar-refractivity contribution is -0.146. The smallest absolute Gasteiger partial charge is 0.246 e. The van der Waals surface area contributed by atoms with Crippen LogP contribution < -0.4 is 5.43 Å². The summed E-state index contributed by atoms with van der Waals surface area (Å²) in [7, 11) is 0. The number of hydrazone groups is 1. The Hall–Kier alpha value is -1.16. The molecule has 0 saturated heterocycles. The van der Waals surface area contributed by atoms with Gasteiger partial charge >= 0.3 is 0 Å². The number of carbonyl (C=O) groups is 1. The molecule has 112 valence electrons. The van der Waals surface area contributed by atoms with Crippen molar-refractivity contribution < 1.29 is 4.79 Å². The molecule has 1 aromatic heterocycles. The zero-order valence-corrected chi connectivity index (χ0v) is 13.3. The fourth-order valence-corrected chi connectivity index (χ4v) is 5.96. The van der Waals surface area contributed by atoms with E-state index >= 15 is 0 Å². The molecule has 0 aromatic carbocycles. The molecule has 4 heteroatoms. The van der Waals surface area contributed by atoms with Gasteiger partial charge in [0.05, 0.1) is 11.6 Å². The lowest BCUT2D eigenvalue weighted by atomic mass is 9.49. The van der Waals surface area contributed by atoms with Crippen LogP contribution >= 0.6 is 11.3 Å². The van der Waals surface area contributed by atoms with Crippen molar-refractivity contribution in [3.05, 3.63) is 21.9 Å². The first-order chi connectivity index (χ1) is 10.1. The van der Waals surface area contributed by atoms with Gasteiger partial charge in [-0.05, 0) is 80.2 Å². The van der Waals surface area contributed by atoms with E-state index in [2.05, 4.69) is 28.9 Å². The van der Waals surface area contributed by atoms with Crippen molar-refractivity contribution in [3.63, 3.8) is 0 Å². The SMILES string of the molecule is Cc1ccsc1C=NNC(=O)C12CC3CC(CC(C3)C1)C2. The summed E-state index contributed by atoms with van der Waals surface area (Å²) in [5, 5.41) is 6.27. The predicted octanol–water partition coefficient (Wildman–Crippen LogP) is 3.72. The molecule has 0 unspecified atom stereocenters. The molecule has 4 fully saturated rings. The van der Waals surface area contributed by atoms with Crippen LogP contribution in [0.5, 0.6) is 0 Å². The van der Waals surface area contributed by atoms with E-state index in [4.69, 9.17) is 0 Å². The second kappa shape index (κ2) is 4.94. The molecule has 1 amide bonds. The molecule has 4 aliphatic carbocycles. The molecule has 0 spiro atoms. The molecule has 4 bridgehead atoms. The zero-order valence-electron chi connectivity index (χ0n) is 12.5. The summed E-state index contributed by atoms with van der Waals surface area (Å²) in [6.07, 6.45) is 9.17. The van der Waals surface area contributed by atoms with Crippen molar-refractivity contribution in [1.29, 1.82) is 0 Å². The average Bonchev–Trinajstić information content (AvgIpc) is 2.83. The maximum absolute atomic E-state index is 12.7. The van der Waals surface area contributed by atoms with E-state index in [1.807, 2.05) is 0 Å². The first-order valence-electron chi connectivity index (χ1n) is 8.02. The summed E-state index contributed by atoms with van der Waals surface area (Å²) >= 11 is 1.66. The van der Waals surface area contributed by atoms with E-state index in [0.29, 0.717) is 0 Å². The van der Waals surface area contributed by atoms with Gasteiger partial charge in [0, 0.05) is 4.88 Å². The zero-order chi connectivity index (χ0) is 14.4. The minimum Gasteiger partial charge on any atom is -0.273 e. The topological polar surface area (TPSA) is 41.5 Å². The Balaban J connectivity index is 1.45. The molecule has 0 atom stereocenters. The standard InChI is InChI=1S/C17H22N2OS/c1-11-2-3-21-15(11)10-18-19-16(20)17-7-12-4-13(8-17)6-14(5-12)9-17/h2-3,10,12-14H,4-9H2,1H3,(H,19,20). The Labute approximate surface area is 129 Å². The number of nitrogens with one attached hydrogen (secondary N) is 1. The van der Waals surface area contributed by atoms with Gasteiger partial charge in [0.1, 0.15) is 0 Å². The van der Waals surface area contributed by atoms with Crippen LogP contribution in [0.1, 0.15) is 49.0 Å². The second-order valence-electron chi connectivity index (χ2n) is 7.36. The number of carbonyl (C=O) groups excluding carboxylic acids is 1. The number of hydrogen-bond acceptors (Lipinski definition) is 3. The van der Waals surface area contributed by atoms with Gasteiger partial charge in [-0.15, -0.1) is 11.3 Å². The van der Waals surface area contributed by atoms with Crippen molar-refractivity contribution in [2.75, 3.05) is 0 Å². The van der Waals surface area contributed by atoms with Gasteiger partial charge in [-0.3, -0.25) is 4.79 Å². The Morgan fingerprint density at radius 3 is 2.43 bits per heavy atom. The summed E-state index contributed by atoms with van der Waals surface area (Å²) in [6.45, 7) is 2.07. The summed E-state index contributed by atoms with van der Waals surface area (Å²) in [6, 6.07) is 2.08. The van der Waals surface area contributed by atoms with Crippen LogP contribution in [0.15, 0.2) is 16.5 Å². The van der Waals surface area contributed by atoms with Crippen LogP contribution in [0.2, 0.25) is 0 Å². The number of hydrogen-bond donors (Lipinski definition) is 1. The highest BCUT2D eigenvalue weighted by Gasteiger charge is 2.54. The van der Waals surface area contributed by atoms with Gasteiger partial charge in [-0.1, -0.05) is 0 Å². The summed E-state index contributed by atoms with van der Waals surface area (Å²) in [4.78, 5) is 13.8. The summed E-state index contributed by atoms with van der Waals surface area (Å²) in [5.41, 5.74) is 3.96. The van der Waals surface area contributed by atoms with Crippen LogP contribution in [0.4, 0.5) is 0 Å². The molecule has 3 nitrogen and oxygen atoms in total. The lowest BCUT2D eigenvalue weighted by Crippen LogP contribution is -2.52. The van der Waals surface area contributed by atoms with Crippen LogP contribution in [0.25, 0.3) is 0 Å². The Bertz CT molecular complexity index is 554. The van der Waals surface area contributed by atoms with Gasteiger partial charge in [-0.2, -0.15) is 5.10 Å².